The van der Waals surface area contributed by atoms with Crippen LogP contribution in [0.15, 0.2) is 16.9 Å². The highest BCUT2D eigenvalue weighted by Crippen LogP contribution is 2.10. The van der Waals surface area contributed by atoms with Crippen LogP contribution < -0.4 is 0 Å². The van der Waals surface area contributed by atoms with Crippen LogP contribution in [0.1, 0.15) is 24.5 Å². The Morgan fingerprint density at radius 1 is 1.55 bits per heavy atom. The molecule has 2 nitrogen and oxygen atoms in total. The van der Waals surface area contributed by atoms with Crippen LogP contribution >= 0.6 is 0 Å². The Morgan fingerprint density at radius 3 is 2.73 bits per heavy atom. The largest absolute Gasteiger partial charge is 0.472 e. The van der Waals surface area contributed by atoms with Crippen LogP contribution in [-0.4, -0.2) is 5.78 Å². The standard InChI is InChI=1S/C9H12O2/c1-7-5-11-6-9(7)4-3-8(2)10/h5-6H,3-4H2,1-2H3. The number of aryl methyl sites for hydroxylation is 2. The molecule has 0 saturated heterocycles. The maximum atomic E-state index is 10.6. The summed E-state index contributed by atoms with van der Waals surface area (Å²) in [4.78, 5) is 10.6. The topological polar surface area (TPSA) is 30.2 Å². The number of carbonyl (C=O) groups is 1. The van der Waals surface area contributed by atoms with Crippen LogP contribution in [0, 0.1) is 6.92 Å². The highest BCUT2D eigenvalue weighted by Gasteiger charge is 2.01. The molecular weight excluding hydrogens is 140 g/mol. The zero-order chi connectivity index (χ0) is 8.27. The number of Topliss-reactive ketones (excluding diaryl/α,β-unsaturated/α-hetero) is 1. The van der Waals surface area contributed by atoms with Gasteiger partial charge in [0.2, 0.25) is 0 Å². The maximum absolute atomic E-state index is 10.6. The molecule has 0 amide bonds. The highest BCUT2D eigenvalue weighted by atomic mass is 16.3. The van der Waals surface area contributed by atoms with E-state index in [1.165, 1.54) is 0 Å². The van der Waals surface area contributed by atoms with Crippen molar-refractivity contribution in [2.75, 3.05) is 0 Å². The van der Waals surface area contributed by atoms with E-state index < -0.39 is 0 Å². The van der Waals surface area contributed by atoms with Gasteiger partial charge in [0.1, 0.15) is 5.78 Å². The Hall–Kier alpha value is -1.05. The predicted molar refractivity (Wildman–Crippen MR) is 42.4 cm³/mol. The summed E-state index contributed by atoms with van der Waals surface area (Å²) in [5.41, 5.74) is 2.27. The van der Waals surface area contributed by atoms with E-state index in [0.29, 0.717) is 6.42 Å². The summed E-state index contributed by atoms with van der Waals surface area (Å²) in [5, 5.41) is 0. The Kier molecular flexibility index (Phi) is 2.47. The lowest BCUT2D eigenvalue weighted by Gasteiger charge is -1.93. The van der Waals surface area contributed by atoms with Gasteiger partial charge >= 0.3 is 0 Å². The first-order chi connectivity index (χ1) is 5.20. The minimum atomic E-state index is 0.227. The quantitative estimate of drug-likeness (QED) is 0.664. The van der Waals surface area contributed by atoms with Crippen molar-refractivity contribution in [3.63, 3.8) is 0 Å². The van der Waals surface area contributed by atoms with Gasteiger partial charge in [0.25, 0.3) is 0 Å². The molecular formula is C9H12O2. The van der Waals surface area contributed by atoms with Gasteiger partial charge in [-0.05, 0) is 31.4 Å². The second kappa shape index (κ2) is 3.37. The van der Waals surface area contributed by atoms with Crippen LogP contribution in [0.4, 0.5) is 0 Å². The summed E-state index contributed by atoms with van der Waals surface area (Å²) >= 11 is 0. The number of hydrogen-bond acceptors (Lipinski definition) is 2. The molecule has 1 aromatic rings. The maximum Gasteiger partial charge on any atom is 0.130 e. The van der Waals surface area contributed by atoms with Crippen LogP contribution in [0.25, 0.3) is 0 Å². The van der Waals surface area contributed by atoms with E-state index in [4.69, 9.17) is 4.42 Å². The van der Waals surface area contributed by atoms with Crippen molar-refractivity contribution in [2.45, 2.75) is 26.7 Å². The molecule has 0 bridgehead atoms. The Balaban J connectivity index is 2.51. The number of rotatable bonds is 3. The summed E-state index contributed by atoms with van der Waals surface area (Å²) in [5.74, 6) is 0.227. The third-order valence-corrected chi connectivity index (χ3v) is 1.71. The lowest BCUT2D eigenvalue weighted by molar-refractivity contribution is -0.116. The van der Waals surface area contributed by atoms with Gasteiger partial charge in [-0.25, -0.2) is 0 Å². The van der Waals surface area contributed by atoms with E-state index in [9.17, 15) is 4.79 Å². The van der Waals surface area contributed by atoms with Gasteiger partial charge in [-0.3, -0.25) is 0 Å². The number of hydrogen-bond donors (Lipinski definition) is 0. The molecule has 11 heavy (non-hydrogen) atoms. The normalized spacial score (nSPS) is 10.0. The Morgan fingerprint density at radius 2 is 2.27 bits per heavy atom. The van der Waals surface area contributed by atoms with E-state index in [2.05, 4.69) is 0 Å². The third-order valence-electron chi connectivity index (χ3n) is 1.71. The number of carbonyl (C=O) groups excluding carboxylic acids is 1. The SMILES string of the molecule is CC(=O)CCc1cocc1C. The van der Waals surface area contributed by atoms with Gasteiger partial charge in [0.15, 0.2) is 0 Å². The molecule has 1 rings (SSSR count). The van der Waals surface area contributed by atoms with Crippen LogP contribution in [0.3, 0.4) is 0 Å². The second-order valence-electron chi connectivity index (χ2n) is 2.78. The minimum Gasteiger partial charge on any atom is -0.472 e. The van der Waals surface area contributed by atoms with E-state index in [-0.39, 0.29) is 5.78 Å². The number of furan rings is 1. The monoisotopic (exact) mass is 152 g/mol. The predicted octanol–water partition coefficient (Wildman–Crippen LogP) is 2.11. The van der Waals surface area contributed by atoms with E-state index in [0.717, 1.165) is 17.5 Å². The van der Waals surface area contributed by atoms with Crippen molar-refractivity contribution in [3.05, 3.63) is 23.7 Å². The molecule has 60 valence electrons. The second-order valence-corrected chi connectivity index (χ2v) is 2.78. The molecule has 0 spiro atoms. The summed E-state index contributed by atoms with van der Waals surface area (Å²) in [6, 6.07) is 0. The van der Waals surface area contributed by atoms with Crippen molar-refractivity contribution in [1.82, 2.24) is 0 Å². The first-order valence-corrected chi connectivity index (χ1v) is 3.71. The van der Waals surface area contributed by atoms with Crippen LogP contribution in [-0.2, 0) is 11.2 Å². The zero-order valence-corrected chi connectivity index (χ0v) is 6.89. The van der Waals surface area contributed by atoms with Gasteiger partial charge < -0.3 is 9.21 Å². The molecule has 0 aliphatic carbocycles. The summed E-state index contributed by atoms with van der Waals surface area (Å²) < 4.78 is 4.97. The lowest BCUT2D eigenvalue weighted by atomic mass is 10.1. The molecule has 0 aliphatic heterocycles. The van der Waals surface area contributed by atoms with Crippen molar-refractivity contribution < 1.29 is 9.21 Å². The van der Waals surface area contributed by atoms with Crippen molar-refractivity contribution >= 4 is 5.78 Å². The van der Waals surface area contributed by atoms with Gasteiger partial charge in [-0.1, -0.05) is 0 Å². The van der Waals surface area contributed by atoms with Gasteiger partial charge in [-0.2, -0.15) is 0 Å². The van der Waals surface area contributed by atoms with Crippen molar-refractivity contribution in [1.29, 1.82) is 0 Å². The molecule has 0 atom stereocenters. The average molecular weight is 152 g/mol. The smallest absolute Gasteiger partial charge is 0.130 e. The Labute approximate surface area is 66.2 Å². The van der Waals surface area contributed by atoms with E-state index in [1.54, 1.807) is 19.5 Å². The number of ketones is 1. The fraction of sp³-hybridized carbons (Fsp3) is 0.444. The lowest BCUT2D eigenvalue weighted by Crippen LogP contribution is -1.93. The van der Waals surface area contributed by atoms with E-state index in [1.807, 2.05) is 6.92 Å². The molecule has 0 radical (unpaired) electrons. The van der Waals surface area contributed by atoms with Crippen molar-refractivity contribution in [2.24, 2.45) is 0 Å². The Bertz CT molecular complexity index is 248. The third kappa shape index (κ3) is 2.22. The molecule has 0 aliphatic rings. The van der Waals surface area contributed by atoms with Crippen LogP contribution in [0.2, 0.25) is 0 Å². The van der Waals surface area contributed by atoms with Crippen LogP contribution in [0.5, 0.6) is 0 Å². The van der Waals surface area contributed by atoms with Crippen molar-refractivity contribution in [3.8, 4) is 0 Å². The summed E-state index contributed by atoms with van der Waals surface area (Å²) in [6.07, 6.45) is 4.83. The zero-order valence-electron chi connectivity index (χ0n) is 6.89. The summed E-state index contributed by atoms with van der Waals surface area (Å²) in [7, 11) is 0. The minimum absolute atomic E-state index is 0.227. The molecule has 1 aromatic heterocycles. The fourth-order valence-corrected chi connectivity index (χ4v) is 0.954. The van der Waals surface area contributed by atoms with Gasteiger partial charge in [-0.15, -0.1) is 0 Å². The van der Waals surface area contributed by atoms with Gasteiger partial charge in [0.05, 0.1) is 12.5 Å². The molecule has 0 N–H and O–H groups in total. The highest BCUT2D eigenvalue weighted by molar-refractivity contribution is 5.75. The summed E-state index contributed by atoms with van der Waals surface area (Å²) in [6.45, 7) is 3.59. The fourth-order valence-electron chi connectivity index (χ4n) is 0.954. The first kappa shape index (κ1) is 8.05. The molecule has 0 unspecified atom stereocenters. The molecule has 2 heteroatoms. The molecule has 0 aromatic carbocycles. The van der Waals surface area contributed by atoms with E-state index >= 15 is 0 Å². The van der Waals surface area contributed by atoms with Gasteiger partial charge in [0, 0.05) is 6.42 Å². The molecule has 0 saturated carbocycles. The molecule has 0 fully saturated rings. The average Bonchev–Trinajstić information content (AvgIpc) is 2.31. The first-order valence-electron chi connectivity index (χ1n) is 3.71. The molecule has 1 heterocycles.